The number of methoxy groups -OCH3 is 2. The van der Waals surface area contributed by atoms with Gasteiger partial charge in [0.1, 0.15) is 22.3 Å². The van der Waals surface area contributed by atoms with Gasteiger partial charge in [0.05, 0.1) is 19.9 Å². The monoisotopic (exact) mass is 485 g/mol. The largest absolute Gasteiger partial charge is 0.497 e. The second-order valence-electron chi connectivity index (χ2n) is 7.69. The second kappa shape index (κ2) is 10.5. The van der Waals surface area contributed by atoms with E-state index in [-0.39, 0.29) is 22.8 Å². The zero-order valence-corrected chi connectivity index (χ0v) is 19.5. The van der Waals surface area contributed by atoms with Crippen LogP contribution in [-0.2, 0) is 0 Å². The highest BCUT2D eigenvalue weighted by Crippen LogP contribution is 2.32. The van der Waals surface area contributed by atoms with E-state index in [0.29, 0.717) is 41.0 Å². The van der Waals surface area contributed by atoms with Gasteiger partial charge < -0.3 is 25.0 Å². The minimum Gasteiger partial charge on any atom is -0.497 e. The fourth-order valence-corrected chi connectivity index (χ4v) is 4.54. The molecule has 178 valence electrons. The van der Waals surface area contributed by atoms with Crippen molar-refractivity contribution < 1.29 is 23.5 Å². The summed E-state index contributed by atoms with van der Waals surface area (Å²) < 4.78 is 23.6. The maximum absolute atomic E-state index is 13.1. The lowest BCUT2D eigenvalue weighted by Crippen LogP contribution is -2.41. The quantitative estimate of drug-likeness (QED) is 0.538. The molecule has 1 aliphatic heterocycles. The lowest BCUT2D eigenvalue weighted by molar-refractivity contribution is 0.102. The van der Waals surface area contributed by atoms with Crippen LogP contribution in [0, 0.1) is 5.82 Å². The van der Waals surface area contributed by atoms with Crippen LogP contribution in [0.3, 0.4) is 0 Å². The Hall–Kier alpha value is -3.73. The Morgan fingerprint density at radius 1 is 1.09 bits per heavy atom. The highest BCUT2D eigenvalue weighted by atomic mass is 32.1. The van der Waals surface area contributed by atoms with Gasteiger partial charge in [0.25, 0.3) is 5.91 Å². The zero-order chi connectivity index (χ0) is 24.1. The molecule has 0 radical (unpaired) electrons. The van der Waals surface area contributed by atoms with E-state index in [9.17, 15) is 14.0 Å². The van der Waals surface area contributed by atoms with Gasteiger partial charge in [0.15, 0.2) is 0 Å². The molecule has 0 saturated carbocycles. The maximum Gasteiger partial charge on any atom is 0.321 e. The number of ether oxygens (including phenoxy) is 2. The third-order valence-electron chi connectivity index (χ3n) is 5.44. The molecule has 0 bridgehead atoms. The topological polar surface area (TPSA) is 106 Å². The van der Waals surface area contributed by atoms with Crippen LogP contribution in [0.5, 0.6) is 11.5 Å². The molecule has 2 N–H and O–H groups in total. The molecule has 34 heavy (non-hydrogen) atoms. The van der Waals surface area contributed by atoms with E-state index < -0.39 is 5.91 Å². The van der Waals surface area contributed by atoms with E-state index in [1.807, 2.05) is 0 Å². The molecule has 2 aromatic carbocycles. The van der Waals surface area contributed by atoms with Gasteiger partial charge in [0, 0.05) is 30.8 Å². The van der Waals surface area contributed by atoms with E-state index in [0.717, 1.165) is 12.8 Å². The van der Waals surface area contributed by atoms with E-state index in [1.165, 1.54) is 42.7 Å². The molecule has 1 saturated heterocycles. The number of amides is 3. The fraction of sp³-hybridized carbons (Fsp3) is 0.304. The average Bonchev–Trinajstić information content (AvgIpc) is 3.36. The molecule has 2 heterocycles. The zero-order valence-electron chi connectivity index (χ0n) is 18.7. The number of hydrogen-bond donors (Lipinski definition) is 2. The van der Waals surface area contributed by atoms with Crippen LogP contribution < -0.4 is 20.1 Å². The Balaban J connectivity index is 1.40. The number of aromatic nitrogens is 2. The Labute approximate surface area is 199 Å². The number of piperidine rings is 1. The van der Waals surface area contributed by atoms with E-state index >= 15 is 0 Å². The number of nitrogens with zero attached hydrogens (tertiary/aromatic N) is 3. The van der Waals surface area contributed by atoms with Crippen molar-refractivity contribution in [3.05, 3.63) is 58.3 Å². The van der Waals surface area contributed by atoms with Gasteiger partial charge in [-0.3, -0.25) is 4.79 Å². The molecule has 0 spiro atoms. The summed E-state index contributed by atoms with van der Waals surface area (Å²) in [4.78, 5) is 27.2. The highest BCUT2D eigenvalue weighted by molar-refractivity contribution is 7.13. The van der Waals surface area contributed by atoms with Crippen LogP contribution >= 0.6 is 11.3 Å². The van der Waals surface area contributed by atoms with Crippen molar-refractivity contribution in [2.24, 2.45) is 0 Å². The normalized spacial score (nSPS) is 15.5. The molecule has 3 amide bonds. The number of halogens is 1. The Morgan fingerprint density at radius 2 is 1.88 bits per heavy atom. The number of anilines is 2. The van der Waals surface area contributed by atoms with Crippen molar-refractivity contribution in [3.63, 3.8) is 0 Å². The first-order valence-electron chi connectivity index (χ1n) is 10.6. The summed E-state index contributed by atoms with van der Waals surface area (Å²) in [5.74, 6) is 0.311. The maximum atomic E-state index is 13.1. The van der Waals surface area contributed by atoms with Crippen molar-refractivity contribution in [1.29, 1.82) is 0 Å². The molecule has 4 rings (SSSR count). The average molecular weight is 486 g/mol. The predicted octanol–water partition coefficient (Wildman–Crippen LogP) is 4.36. The van der Waals surface area contributed by atoms with Gasteiger partial charge in [-0.15, -0.1) is 10.2 Å². The first kappa shape index (κ1) is 23.4. The smallest absolute Gasteiger partial charge is 0.321 e. The van der Waals surface area contributed by atoms with E-state index in [2.05, 4.69) is 20.8 Å². The van der Waals surface area contributed by atoms with Crippen LogP contribution in [0.25, 0.3) is 0 Å². The number of benzene rings is 2. The second-order valence-corrected chi connectivity index (χ2v) is 8.70. The van der Waals surface area contributed by atoms with Gasteiger partial charge in [-0.1, -0.05) is 11.3 Å². The summed E-state index contributed by atoms with van der Waals surface area (Å²) >= 11 is 1.20. The standard InChI is InChI=1S/C23H24FN5O4S/c1-32-17-9-10-19(33-2)18(12-17)26-23(31)29-11-3-4-14(13-29)21-27-28-22(34-21)20(30)25-16-7-5-15(24)6-8-16/h5-10,12,14H,3-4,11,13H2,1-2H3,(H,25,30)(H,26,31)/t14-/m0/s1. The molecule has 0 unspecified atom stereocenters. The van der Waals surface area contributed by atoms with Crippen LogP contribution in [0.15, 0.2) is 42.5 Å². The number of carbonyl (C=O) groups excluding carboxylic acids is 2. The Bertz CT molecular complexity index is 1170. The van der Waals surface area contributed by atoms with Crippen LogP contribution in [-0.4, -0.2) is 54.3 Å². The highest BCUT2D eigenvalue weighted by Gasteiger charge is 2.28. The van der Waals surface area contributed by atoms with Gasteiger partial charge in [-0.05, 0) is 49.2 Å². The lowest BCUT2D eigenvalue weighted by Gasteiger charge is -2.31. The minimum absolute atomic E-state index is 0.0309. The van der Waals surface area contributed by atoms with Gasteiger partial charge in [-0.2, -0.15) is 0 Å². The SMILES string of the molecule is COc1ccc(OC)c(NC(=O)N2CCC[C@H](c3nnc(C(=O)Nc4ccc(F)cc4)s3)C2)c1. The first-order chi connectivity index (χ1) is 16.5. The van der Waals surface area contributed by atoms with Crippen LogP contribution in [0.4, 0.5) is 20.6 Å². The number of urea groups is 1. The van der Waals surface area contributed by atoms with Crippen molar-refractivity contribution in [1.82, 2.24) is 15.1 Å². The van der Waals surface area contributed by atoms with E-state index in [1.54, 1.807) is 30.2 Å². The fourth-order valence-electron chi connectivity index (χ4n) is 3.68. The predicted molar refractivity (Wildman–Crippen MR) is 126 cm³/mol. The number of likely N-dealkylation sites (tertiary alicyclic amines) is 1. The summed E-state index contributed by atoms with van der Waals surface area (Å²) in [6, 6.07) is 10.4. The summed E-state index contributed by atoms with van der Waals surface area (Å²) in [5.41, 5.74) is 0.987. The summed E-state index contributed by atoms with van der Waals surface area (Å²) in [5, 5.41) is 14.7. The first-order valence-corrected chi connectivity index (χ1v) is 11.5. The lowest BCUT2D eigenvalue weighted by atomic mass is 9.99. The molecule has 3 aromatic rings. The molecule has 0 aliphatic carbocycles. The molecule has 11 heteroatoms. The van der Waals surface area contributed by atoms with Crippen LogP contribution in [0.2, 0.25) is 0 Å². The van der Waals surface area contributed by atoms with Crippen LogP contribution in [0.1, 0.15) is 33.6 Å². The number of nitrogens with one attached hydrogen (secondary N) is 2. The Morgan fingerprint density at radius 3 is 2.62 bits per heavy atom. The van der Waals surface area contributed by atoms with Crippen molar-refractivity contribution in [3.8, 4) is 11.5 Å². The molecule has 1 atom stereocenters. The van der Waals surface area contributed by atoms with Crippen molar-refractivity contribution >= 4 is 34.6 Å². The number of carbonyl (C=O) groups is 2. The third kappa shape index (κ3) is 5.42. The Kier molecular flexibility index (Phi) is 7.21. The summed E-state index contributed by atoms with van der Waals surface area (Å²) in [6.07, 6.45) is 1.63. The molecule has 9 nitrogen and oxygen atoms in total. The minimum atomic E-state index is -0.411. The van der Waals surface area contributed by atoms with Gasteiger partial charge in [-0.25, -0.2) is 9.18 Å². The molecule has 1 fully saturated rings. The van der Waals surface area contributed by atoms with E-state index in [4.69, 9.17) is 9.47 Å². The third-order valence-corrected chi connectivity index (χ3v) is 6.53. The van der Waals surface area contributed by atoms with Crippen molar-refractivity contribution in [2.45, 2.75) is 18.8 Å². The molecular weight excluding hydrogens is 461 g/mol. The molecule has 1 aromatic heterocycles. The molecular formula is C23H24FN5O4S. The van der Waals surface area contributed by atoms with Gasteiger partial charge >= 0.3 is 6.03 Å². The van der Waals surface area contributed by atoms with Gasteiger partial charge in [0.2, 0.25) is 5.01 Å². The summed E-state index contributed by atoms with van der Waals surface area (Å²) in [6.45, 7) is 1.05. The van der Waals surface area contributed by atoms with Crippen molar-refractivity contribution in [2.75, 3.05) is 37.9 Å². The summed E-state index contributed by atoms with van der Waals surface area (Å²) in [7, 11) is 3.09. The molecule has 1 aliphatic rings. The number of hydrogen-bond acceptors (Lipinski definition) is 7. The number of rotatable bonds is 6.